The summed E-state index contributed by atoms with van der Waals surface area (Å²) in [5, 5.41) is 43.8. The van der Waals surface area contributed by atoms with Crippen molar-refractivity contribution in [2.75, 3.05) is 12.3 Å². The van der Waals surface area contributed by atoms with Gasteiger partial charge in [-0.25, -0.2) is 0 Å². The summed E-state index contributed by atoms with van der Waals surface area (Å²) in [7, 11) is 0. The summed E-state index contributed by atoms with van der Waals surface area (Å²) in [6.07, 6.45) is 2.16. The van der Waals surface area contributed by atoms with Gasteiger partial charge in [0.2, 0.25) is 35.8 Å². The Hall–Kier alpha value is -6.44. The number of thiol groups is 1. The number of hydrogen-bond donors (Lipinski definition) is 13. The van der Waals surface area contributed by atoms with Crippen molar-refractivity contribution in [3.8, 4) is 5.75 Å². The number of aromatic hydroxyl groups is 1. The smallest absolute Gasteiger partial charge is 0.244 e. The van der Waals surface area contributed by atoms with Crippen LogP contribution in [0.1, 0.15) is 36.5 Å². The average Bonchev–Trinajstić information content (AvgIpc) is 3.65. The van der Waals surface area contributed by atoms with Gasteiger partial charge in [-0.05, 0) is 61.1 Å². The molecule has 325 valence electrons. The van der Waals surface area contributed by atoms with Crippen molar-refractivity contribution in [2.24, 2.45) is 11.5 Å². The van der Waals surface area contributed by atoms with Gasteiger partial charge in [0.15, 0.2) is 5.96 Å². The van der Waals surface area contributed by atoms with Crippen molar-refractivity contribution >= 4 is 65.3 Å². The fraction of sp³-hybridized carbons (Fsp3) is 0.357. The highest BCUT2D eigenvalue weighted by Crippen LogP contribution is 2.20. The molecule has 4 rings (SSSR count). The maximum absolute atomic E-state index is 14.4. The number of para-hydroxylation sites is 1. The quantitative estimate of drug-likeness (QED) is 0.0192. The SMILES string of the molecule is C[C@@H](O)[C@@H]([C]=O)NC(=O)[C@H](CCCNC(=N)N)NC(=O)[C@H](Cc1c[nH]c2ccccc12)NC(=O)[C@H](Cc1ccc(O)cc1)NC(=O)[C@H](CS)NC(=O)[C@@H](N)Cc1ccccc1. The fourth-order valence-corrected chi connectivity index (χ4v) is 6.61. The Morgan fingerprint density at radius 2 is 1.31 bits per heavy atom. The number of carbonyl (C=O) groups excluding carboxylic acids is 6. The van der Waals surface area contributed by atoms with Gasteiger partial charge < -0.3 is 58.6 Å². The molecular formula is C42H53N10O8S. The number of guanidine groups is 1. The van der Waals surface area contributed by atoms with Crippen molar-refractivity contribution in [1.29, 1.82) is 5.41 Å². The van der Waals surface area contributed by atoms with Crippen LogP contribution >= 0.6 is 12.6 Å². The van der Waals surface area contributed by atoms with E-state index in [0.29, 0.717) is 11.1 Å². The van der Waals surface area contributed by atoms with E-state index in [1.54, 1.807) is 30.7 Å². The number of nitrogens with two attached hydrogens (primary N) is 2. The second kappa shape index (κ2) is 23.4. The lowest BCUT2D eigenvalue weighted by Gasteiger charge is -2.27. The number of fused-ring (bicyclic) bond motifs is 1. The van der Waals surface area contributed by atoms with Gasteiger partial charge in [-0.3, -0.25) is 34.2 Å². The number of aromatic nitrogens is 1. The Morgan fingerprint density at radius 1 is 0.754 bits per heavy atom. The molecule has 4 aromatic rings. The Morgan fingerprint density at radius 3 is 1.93 bits per heavy atom. The summed E-state index contributed by atoms with van der Waals surface area (Å²) in [5.74, 6) is -4.29. The van der Waals surface area contributed by atoms with Crippen LogP contribution in [0.4, 0.5) is 0 Å². The van der Waals surface area contributed by atoms with E-state index in [1.807, 2.05) is 48.5 Å². The Kier molecular flexibility index (Phi) is 18.1. The van der Waals surface area contributed by atoms with E-state index in [2.05, 4.69) is 49.5 Å². The number of nitrogens with one attached hydrogen (secondary N) is 8. The number of hydrogen-bond acceptors (Lipinski definition) is 11. The highest BCUT2D eigenvalue weighted by atomic mass is 32.1. The molecule has 0 aliphatic rings. The molecule has 18 nitrogen and oxygen atoms in total. The predicted molar refractivity (Wildman–Crippen MR) is 232 cm³/mol. The van der Waals surface area contributed by atoms with E-state index >= 15 is 0 Å². The summed E-state index contributed by atoms with van der Waals surface area (Å²) in [6.45, 7) is 1.45. The molecule has 3 aromatic carbocycles. The highest BCUT2D eigenvalue weighted by molar-refractivity contribution is 7.80. The molecular weight excluding hydrogens is 805 g/mol. The van der Waals surface area contributed by atoms with Crippen LogP contribution in [0, 0.1) is 5.41 Å². The van der Waals surface area contributed by atoms with Gasteiger partial charge in [0.05, 0.1) is 12.1 Å². The minimum absolute atomic E-state index is 0.0115. The first-order chi connectivity index (χ1) is 29.2. The molecule has 19 heteroatoms. The van der Waals surface area contributed by atoms with E-state index in [0.717, 1.165) is 16.5 Å². The lowest BCUT2D eigenvalue weighted by molar-refractivity contribution is -0.134. The molecule has 0 aliphatic heterocycles. The van der Waals surface area contributed by atoms with Crippen LogP contribution in [0.3, 0.4) is 0 Å². The minimum atomic E-state index is -1.40. The number of rotatable bonds is 23. The second-order valence-corrected chi connectivity index (χ2v) is 14.9. The minimum Gasteiger partial charge on any atom is -0.508 e. The molecule has 1 heterocycles. The third-order valence-corrected chi connectivity index (χ3v) is 10.1. The van der Waals surface area contributed by atoms with Gasteiger partial charge in [-0.1, -0.05) is 60.7 Å². The van der Waals surface area contributed by atoms with Gasteiger partial charge in [-0.15, -0.1) is 0 Å². The number of aliphatic hydroxyl groups is 1. The number of H-pyrrole nitrogens is 1. The first-order valence-electron chi connectivity index (χ1n) is 19.6. The second-order valence-electron chi connectivity index (χ2n) is 14.5. The highest BCUT2D eigenvalue weighted by Gasteiger charge is 2.33. The molecule has 0 bridgehead atoms. The zero-order valence-electron chi connectivity index (χ0n) is 33.5. The normalized spacial score (nSPS) is 14.5. The van der Waals surface area contributed by atoms with Crippen LogP contribution < -0.4 is 43.4 Å². The topological polar surface area (TPSA) is 307 Å². The predicted octanol–water partition coefficient (Wildman–Crippen LogP) is -0.664. The van der Waals surface area contributed by atoms with Crippen LogP contribution in [0.15, 0.2) is 85.1 Å². The van der Waals surface area contributed by atoms with Gasteiger partial charge >= 0.3 is 0 Å². The molecule has 0 spiro atoms. The Bertz CT molecular complexity index is 2120. The molecule has 0 aliphatic carbocycles. The van der Waals surface area contributed by atoms with Crippen LogP contribution in [-0.2, 0) is 48.0 Å². The van der Waals surface area contributed by atoms with Crippen molar-refractivity contribution < 1.29 is 39.0 Å². The number of aliphatic hydroxyl groups excluding tert-OH is 1. The van der Waals surface area contributed by atoms with Gasteiger partial charge in [0, 0.05) is 42.2 Å². The molecule has 7 atom stereocenters. The molecule has 0 saturated heterocycles. The third kappa shape index (κ3) is 14.7. The standard InChI is InChI=1S/C42H53N10O8S/c1-24(54)35(22-53)51-38(57)32(12-7-17-46-42(44)45)48-40(59)34(20-27-21-47-31-11-6-5-10-29(27)31)50-39(58)33(19-26-13-15-28(55)16-14-26)49-41(60)36(23-61)52-37(56)30(43)18-25-8-3-2-4-9-25/h2-6,8-11,13-16,21,24,30,32-36,47,54-55,61H,7,12,17-20,23,43H2,1H3,(H,48,59)(H,49,60)(H,50,58)(H,51,57)(H,52,56)(H4,44,45,46)/t24-,30+,32+,33+,34+,35-,36+/m1/s1. The maximum Gasteiger partial charge on any atom is 0.244 e. The molecule has 0 saturated carbocycles. The molecule has 14 N–H and O–H groups in total. The Labute approximate surface area is 358 Å². The molecule has 1 aromatic heterocycles. The molecule has 0 fully saturated rings. The number of amides is 5. The van der Waals surface area contributed by atoms with Crippen molar-refractivity contribution in [1.82, 2.24) is 36.9 Å². The monoisotopic (exact) mass is 857 g/mol. The number of carbonyl (C=O) groups is 5. The maximum atomic E-state index is 14.4. The third-order valence-electron chi connectivity index (χ3n) is 9.72. The average molecular weight is 858 g/mol. The summed E-state index contributed by atoms with van der Waals surface area (Å²) < 4.78 is 0. The fourth-order valence-electron chi connectivity index (χ4n) is 6.36. The van der Waals surface area contributed by atoms with E-state index in [4.69, 9.17) is 16.9 Å². The summed E-state index contributed by atoms with van der Waals surface area (Å²) in [5.41, 5.74) is 14.3. The zero-order chi connectivity index (χ0) is 44.5. The molecule has 5 amide bonds. The molecule has 1 radical (unpaired) electrons. The van der Waals surface area contributed by atoms with Crippen LogP contribution in [0.2, 0.25) is 0 Å². The summed E-state index contributed by atoms with van der Waals surface area (Å²) >= 11 is 4.28. The number of benzene rings is 3. The number of phenols is 1. The van der Waals surface area contributed by atoms with Crippen LogP contribution in [0.25, 0.3) is 10.9 Å². The molecule has 61 heavy (non-hydrogen) atoms. The Balaban J connectivity index is 1.62. The van der Waals surface area contributed by atoms with E-state index in [1.165, 1.54) is 19.1 Å². The van der Waals surface area contributed by atoms with E-state index in [-0.39, 0.29) is 56.1 Å². The lowest BCUT2D eigenvalue weighted by atomic mass is 10.0. The first-order valence-corrected chi connectivity index (χ1v) is 20.2. The van der Waals surface area contributed by atoms with Crippen molar-refractivity contribution in [3.05, 3.63) is 102 Å². The van der Waals surface area contributed by atoms with E-state index in [9.17, 15) is 39.0 Å². The van der Waals surface area contributed by atoms with Gasteiger partial charge in [-0.2, -0.15) is 12.6 Å². The lowest BCUT2D eigenvalue weighted by Crippen LogP contribution is -2.60. The van der Waals surface area contributed by atoms with Crippen molar-refractivity contribution in [2.45, 2.75) is 81.4 Å². The van der Waals surface area contributed by atoms with Crippen LogP contribution in [-0.4, -0.2) is 112 Å². The van der Waals surface area contributed by atoms with Crippen molar-refractivity contribution in [3.63, 3.8) is 0 Å². The summed E-state index contributed by atoms with van der Waals surface area (Å²) in [6, 6.07) is 14.7. The molecule has 0 unspecified atom stereocenters. The van der Waals surface area contributed by atoms with Gasteiger partial charge in [0.25, 0.3) is 0 Å². The summed E-state index contributed by atoms with van der Waals surface area (Å²) in [4.78, 5) is 83.7. The van der Waals surface area contributed by atoms with E-state index < -0.39 is 71.9 Å². The first kappa shape index (κ1) is 47.2. The number of phenolic OH excluding ortho intramolecular Hbond substituents is 1. The largest absolute Gasteiger partial charge is 0.508 e. The zero-order valence-corrected chi connectivity index (χ0v) is 34.4. The van der Waals surface area contributed by atoms with Crippen LogP contribution in [0.5, 0.6) is 5.75 Å². The van der Waals surface area contributed by atoms with Gasteiger partial charge in [0.1, 0.15) is 36.0 Å². The number of aromatic amines is 1.